The van der Waals surface area contributed by atoms with E-state index in [4.69, 9.17) is 5.84 Å². The summed E-state index contributed by atoms with van der Waals surface area (Å²) in [4.78, 5) is 10.1. The van der Waals surface area contributed by atoms with Gasteiger partial charge in [0, 0.05) is 37.3 Å². The Morgan fingerprint density at radius 1 is 1.39 bits per heavy atom. The molecule has 0 aliphatic heterocycles. The average Bonchev–Trinajstić information content (AvgIpc) is 2.73. The molecule has 0 spiro atoms. The lowest BCUT2D eigenvalue weighted by molar-refractivity contribution is 0.213. The molecule has 0 atom stereocenters. The van der Waals surface area contributed by atoms with Gasteiger partial charge in [0.25, 0.3) is 0 Å². The molecule has 1 heterocycles. The number of nitrogens with one attached hydrogen (secondary N) is 1. The molecular formula is C12H25N5S. The lowest BCUT2D eigenvalue weighted by atomic mass is 10.2. The lowest BCUT2D eigenvalue weighted by Crippen LogP contribution is -2.33. The summed E-state index contributed by atoms with van der Waals surface area (Å²) < 4.78 is 0. The Morgan fingerprint density at radius 2 is 2.11 bits per heavy atom. The SMILES string of the molecule is CC(C)CN(CCN(C)C)Cc1cnc(NN)s1. The van der Waals surface area contributed by atoms with Crippen LogP contribution in [0.4, 0.5) is 5.13 Å². The van der Waals surface area contributed by atoms with E-state index in [9.17, 15) is 0 Å². The Labute approximate surface area is 114 Å². The highest BCUT2D eigenvalue weighted by atomic mass is 32.1. The number of nitrogens with zero attached hydrogens (tertiary/aromatic N) is 3. The molecule has 1 aromatic heterocycles. The van der Waals surface area contributed by atoms with Gasteiger partial charge in [0.2, 0.25) is 0 Å². The van der Waals surface area contributed by atoms with E-state index in [1.807, 2.05) is 6.20 Å². The smallest absolute Gasteiger partial charge is 0.197 e. The predicted octanol–water partition coefficient (Wildman–Crippen LogP) is 1.45. The third kappa shape index (κ3) is 5.77. The molecule has 0 saturated carbocycles. The van der Waals surface area contributed by atoms with Gasteiger partial charge in [-0.15, -0.1) is 0 Å². The molecular weight excluding hydrogens is 246 g/mol. The van der Waals surface area contributed by atoms with Crippen LogP contribution in [-0.2, 0) is 6.54 Å². The van der Waals surface area contributed by atoms with Crippen LogP contribution < -0.4 is 11.3 Å². The molecule has 1 aromatic rings. The minimum Gasteiger partial charge on any atom is -0.308 e. The van der Waals surface area contributed by atoms with Gasteiger partial charge in [0.05, 0.1) is 0 Å². The van der Waals surface area contributed by atoms with Gasteiger partial charge < -0.3 is 4.90 Å². The molecule has 0 saturated heterocycles. The normalized spacial score (nSPS) is 11.8. The predicted molar refractivity (Wildman–Crippen MR) is 78.6 cm³/mol. The van der Waals surface area contributed by atoms with Crippen LogP contribution in [0.25, 0.3) is 0 Å². The Bertz CT molecular complexity index is 337. The fourth-order valence-corrected chi connectivity index (χ4v) is 2.53. The summed E-state index contributed by atoms with van der Waals surface area (Å²) in [6, 6.07) is 0. The molecule has 0 aromatic carbocycles. The highest BCUT2D eigenvalue weighted by Crippen LogP contribution is 2.19. The standard InChI is InChI=1S/C12H25N5S/c1-10(2)8-17(6-5-16(3)4)9-11-7-14-12(15-13)18-11/h7,10H,5-6,8-9,13H2,1-4H3,(H,14,15). The molecule has 1 rings (SSSR count). The van der Waals surface area contributed by atoms with Crippen molar-refractivity contribution in [3.05, 3.63) is 11.1 Å². The van der Waals surface area contributed by atoms with Gasteiger partial charge in [-0.1, -0.05) is 25.2 Å². The monoisotopic (exact) mass is 271 g/mol. The van der Waals surface area contributed by atoms with Crippen molar-refractivity contribution in [2.45, 2.75) is 20.4 Å². The molecule has 5 nitrogen and oxygen atoms in total. The summed E-state index contributed by atoms with van der Waals surface area (Å²) in [5, 5.41) is 0.780. The number of hydrazine groups is 1. The van der Waals surface area contributed by atoms with Crippen LogP contribution in [0.15, 0.2) is 6.20 Å². The molecule has 6 heteroatoms. The van der Waals surface area contributed by atoms with Gasteiger partial charge in [-0.05, 0) is 20.0 Å². The van der Waals surface area contributed by atoms with E-state index in [1.54, 1.807) is 11.3 Å². The maximum atomic E-state index is 5.35. The first kappa shape index (κ1) is 15.4. The van der Waals surface area contributed by atoms with Crippen LogP contribution >= 0.6 is 11.3 Å². The van der Waals surface area contributed by atoms with E-state index >= 15 is 0 Å². The number of nitrogens with two attached hydrogens (primary N) is 1. The summed E-state index contributed by atoms with van der Waals surface area (Å²) >= 11 is 1.62. The molecule has 0 bridgehead atoms. The van der Waals surface area contributed by atoms with Gasteiger partial charge >= 0.3 is 0 Å². The number of rotatable bonds is 8. The summed E-state index contributed by atoms with van der Waals surface area (Å²) in [6.45, 7) is 8.72. The topological polar surface area (TPSA) is 57.4 Å². The molecule has 0 fully saturated rings. The van der Waals surface area contributed by atoms with Crippen LogP contribution in [0.3, 0.4) is 0 Å². The second-order valence-electron chi connectivity index (χ2n) is 5.21. The van der Waals surface area contributed by atoms with Gasteiger partial charge in [-0.3, -0.25) is 10.3 Å². The number of likely N-dealkylation sites (N-methyl/N-ethyl adjacent to an activating group) is 1. The fraction of sp³-hybridized carbons (Fsp3) is 0.750. The summed E-state index contributed by atoms with van der Waals surface area (Å²) in [5.41, 5.74) is 2.59. The van der Waals surface area contributed by atoms with Crippen LogP contribution in [0, 0.1) is 5.92 Å². The van der Waals surface area contributed by atoms with E-state index in [0.717, 1.165) is 31.3 Å². The lowest BCUT2D eigenvalue weighted by Gasteiger charge is -2.25. The van der Waals surface area contributed by atoms with E-state index in [2.05, 4.69) is 48.2 Å². The quantitative estimate of drug-likeness (QED) is 0.553. The first-order valence-corrected chi connectivity index (χ1v) is 7.11. The maximum absolute atomic E-state index is 5.35. The first-order valence-electron chi connectivity index (χ1n) is 6.29. The molecule has 3 N–H and O–H groups in total. The summed E-state index contributed by atoms with van der Waals surface area (Å²) in [5.74, 6) is 6.02. The van der Waals surface area contributed by atoms with Crippen LogP contribution in [-0.4, -0.2) is 48.5 Å². The minimum atomic E-state index is 0.673. The van der Waals surface area contributed by atoms with Crippen molar-refractivity contribution in [1.29, 1.82) is 0 Å². The van der Waals surface area contributed by atoms with E-state index in [-0.39, 0.29) is 0 Å². The van der Waals surface area contributed by atoms with Gasteiger partial charge in [0.15, 0.2) is 5.13 Å². The Kier molecular flexibility index (Phi) is 6.56. The van der Waals surface area contributed by atoms with Crippen molar-refractivity contribution in [1.82, 2.24) is 14.8 Å². The van der Waals surface area contributed by atoms with E-state index in [0.29, 0.717) is 5.92 Å². The Morgan fingerprint density at radius 3 is 2.61 bits per heavy atom. The Hall–Kier alpha value is -0.690. The molecule has 18 heavy (non-hydrogen) atoms. The number of thiazole rings is 1. The fourth-order valence-electron chi connectivity index (χ4n) is 1.76. The molecule has 0 aliphatic rings. The van der Waals surface area contributed by atoms with Crippen LogP contribution in [0.2, 0.25) is 0 Å². The van der Waals surface area contributed by atoms with E-state index < -0.39 is 0 Å². The van der Waals surface area contributed by atoms with Gasteiger partial charge in [-0.2, -0.15) is 0 Å². The van der Waals surface area contributed by atoms with Crippen LogP contribution in [0.5, 0.6) is 0 Å². The third-order valence-electron chi connectivity index (χ3n) is 2.54. The van der Waals surface area contributed by atoms with Crippen molar-refractivity contribution in [3.63, 3.8) is 0 Å². The van der Waals surface area contributed by atoms with Crippen molar-refractivity contribution < 1.29 is 0 Å². The zero-order valence-corrected chi connectivity index (χ0v) is 12.6. The second-order valence-corrected chi connectivity index (χ2v) is 6.32. The molecule has 0 radical (unpaired) electrons. The average molecular weight is 271 g/mol. The minimum absolute atomic E-state index is 0.673. The van der Waals surface area contributed by atoms with Crippen molar-refractivity contribution in [2.24, 2.45) is 11.8 Å². The van der Waals surface area contributed by atoms with Gasteiger partial charge in [0.1, 0.15) is 0 Å². The van der Waals surface area contributed by atoms with Gasteiger partial charge in [-0.25, -0.2) is 10.8 Å². The van der Waals surface area contributed by atoms with Crippen molar-refractivity contribution in [2.75, 3.05) is 39.2 Å². The van der Waals surface area contributed by atoms with Crippen LogP contribution in [0.1, 0.15) is 18.7 Å². The Balaban J connectivity index is 2.53. The number of aromatic nitrogens is 1. The largest absolute Gasteiger partial charge is 0.308 e. The molecule has 0 amide bonds. The zero-order chi connectivity index (χ0) is 13.5. The molecule has 0 aliphatic carbocycles. The molecule has 104 valence electrons. The molecule has 0 unspecified atom stereocenters. The highest BCUT2D eigenvalue weighted by molar-refractivity contribution is 7.15. The second kappa shape index (κ2) is 7.68. The van der Waals surface area contributed by atoms with Crippen molar-refractivity contribution >= 4 is 16.5 Å². The number of hydrogen-bond acceptors (Lipinski definition) is 6. The summed E-state index contributed by atoms with van der Waals surface area (Å²) in [6.07, 6.45) is 1.91. The van der Waals surface area contributed by atoms with Crippen molar-refractivity contribution in [3.8, 4) is 0 Å². The maximum Gasteiger partial charge on any atom is 0.197 e. The van der Waals surface area contributed by atoms with E-state index in [1.165, 1.54) is 4.88 Å². The number of hydrogen-bond donors (Lipinski definition) is 2. The number of nitrogen functional groups attached to an aromatic ring is 1. The number of anilines is 1. The zero-order valence-electron chi connectivity index (χ0n) is 11.8. The summed E-state index contributed by atoms with van der Waals surface area (Å²) in [7, 11) is 4.22. The first-order chi connectivity index (χ1) is 8.51. The third-order valence-corrected chi connectivity index (χ3v) is 3.46. The highest BCUT2D eigenvalue weighted by Gasteiger charge is 2.10.